The summed E-state index contributed by atoms with van der Waals surface area (Å²) >= 11 is 1.49. The summed E-state index contributed by atoms with van der Waals surface area (Å²) in [5, 5.41) is 8.32. The molecule has 0 aliphatic carbocycles. The van der Waals surface area contributed by atoms with Gasteiger partial charge in [0.05, 0.1) is 17.2 Å². The maximum absolute atomic E-state index is 13.3. The first-order valence-corrected chi connectivity index (χ1v) is 11.9. The Hall–Kier alpha value is -4.44. The van der Waals surface area contributed by atoms with E-state index in [-0.39, 0.29) is 23.8 Å². The molecule has 180 valence electrons. The maximum Gasteiger partial charge on any atom is 0.258 e. The number of fused-ring (bicyclic) bond motifs is 1. The fraction of sp³-hybridized carbons (Fsp3) is 0.0769. The van der Waals surface area contributed by atoms with Gasteiger partial charge in [-0.05, 0) is 48.5 Å². The second-order valence-electron chi connectivity index (χ2n) is 8.01. The Morgan fingerprint density at radius 2 is 1.69 bits per heavy atom. The summed E-state index contributed by atoms with van der Waals surface area (Å²) in [5.41, 5.74) is 0.577. The number of aromatic amines is 1. The molecule has 4 N–H and O–H groups in total. The van der Waals surface area contributed by atoms with E-state index in [0.29, 0.717) is 11.4 Å². The minimum absolute atomic E-state index is 0.00621. The molecule has 0 fully saturated rings. The Balaban J connectivity index is 1.41. The highest BCUT2D eigenvalue weighted by molar-refractivity contribution is 7.99. The maximum atomic E-state index is 13.3. The van der Waals surface area contributed by atoms with E-state index in [9.17, 15) is 18.8 Å². The van der Waals surface area contributed by atoms with Crippen LogP contribution in [-0.2, 0) is 9.59 Å². The van der Waals surface area contributed by atoms with Crippen LogP contribution in [0.15, 0.2) is 93.4 Å². The number of carbonyl (C=O) groups is 2. The number of hydrogen-bond acceptors (Lipinski definition) is 6. The molecule has 8 nitrogen and oxygen atoms in total. The highest BCUT2D eigenvalue weighted by Crippen LogP contribution is 2.35. The topological polar surface area (TPSA) is 116 Å². The molecule has 5 rings (SSSR count). The van der Waals surface area contributed by atoms with Crippen molar-refractivity contribution in [2.45, 2.75) is 22.1 Å². The van der Waals surface area contributed by atoms with Gasteiger partial charge in [0, 0.05) is 21.9 Å². The molecule has 4 aromatic rings. The number of amides is 2. The monoisotopic (exact) mass is 501 g/mol. The van der Waals surface area contributed by atoms with Gasteiger partial charge in [0.25, 0.3) is 5.56 Å². The number of H-pyrrole nitrogens is 1. The number of anilines is 4. The Bertz CT molecular complexity index is 1490. The van der Waals surface area contributed by atoms with Gasteiger partial charge in [0.2, 0.25) is 17.8 Å². The number of nitrogens with one attached hydrogen (secondary N) is 4. The predicted octanol–water partition coefficient (Wildman–Crippen LogP) is 4.87. The summed E-state index contributed by atoms with van der Waals surface area (Å²) in [6.07, 6.45) is -0.192. The van der Waals surface area contributed by atoms with E-state index in [1.165, 1.54) is 36.0 Å². The van der Waals surface area contributed by atoms with E-state index in [1.54, 1.807) is 12.1 Å². The molecular formula is C26H20FN5O3S. The third-order valence-corrected chi connectivity index (χ3v) is 6.57. The third kappa shape index (κ3) is 5.13. The van der Waals surface area contributed by atoms with Gasteiger partial charge in [-0.3, -0.25) is 19.4 Å². The van der Waals surface area contributed by atoms with Crippen LogP contribution in [0.25, 0.3) is 0 Å². The smallest absolute Gasteiger partial charge is 0.258 e. The summed E-state index contributed by atoms with van der Waals surface area (Å²) in [5.74, 6) is -2.29. The summed E-state index contributed by atoms with van der Waals surface area (Å²) in [6, 6.07) is 22.5. The fourth-order valence-electron chi connectivity index (χ4n) is 3.82. The lowest BCUT2D eigenvalue weighted by Crippen LogP contribution is -2.36. The first-order valence-electron chi connectivity index (χ1n) is 11.1. The molecule has 2 heterocycles. The zero-order chi connectivity index (χ0) is 25.1. The fourth-order valence-corrected chi connectivity index (χ4v) is 4.74. The number of para-hydroxylation sites is 1. The molecule has 0 bridgehead atoms. The van der Waals surface area contributed by atoms with Crippen molar-refractivity contribution >= 4 is 46.7 Å². The number of halogens is 1. The van der Waals surface area contributed by atoms with E-state index in [1.807, 2.05) is 42.5 Å². The standard InChI is InChI=1S/C26H20FN5O3S/c27-15-10-12-16(13-11-15)28-26-31-23-22(25(35)32-26)18(14-21(33)30-23)24(34)29-19-8-4-5-9-20(19)36-17-6-2-1-3-7-17/h1-13,18H,14H2,(H,29,34)(H3,28,30,31,32,33,35)/t18-/m1/s1. The summed E-state index contributed by atoms with van der Waals surface area (Å²) < 4.78 is 13.2. The van der Waals surface area contributed by atoms with Crippen LogP contribution in [0.2, 0.25) is 0 Å². The number of nitrogens with zero attached hydrogens (tertiary/aromatic N) is 1. The van der Waals surface area contributed by atoms with Crippen molar-refractivity contribution in [2.75, 3.05) is 16.0 Å². The molecule has 1 aliphatic heterocycles. The summed E-state index contributed by atoms with van der Waals surface area (Å²) in [7, 11) is 0. The largest absolute Gasteiger partial charge is 0.326 e. The van der Waals surface area contributed by atoms with Crippen molar-refractivity contribution in [1.29, 1.82) is 0 Å². The lowest BCUT2D eigenvalue weighted by atomic mass is 9.92. The van der Waals surface area contributed by atoms with Gasteiger partial charge >= 0.3 is 0 Å². The van der Waals surface area contributed by atoms with Crippen molar-refractivity contribution in [2.24, 2.45) is 0 Å². The first kappa shape index (κ1) is 23.3. The third-order valence-electron chi connectivity index (χ3n) is 5.49. The van der Waals surface area contributed by atoms with Crippen LogP contribution < -0.4 is 21.5 Å². The number of aromatic nitrogens is 2. The van der Waals surface area contributed by atoms with E-state index in [2.05, 4.69) is 25.9 Å². The Labute approximate surface area is 209 Å². The van der Waals surface area contributed by atoms with Gasteiger partial charge in [-0.2, -0.15) is 4.98 Å². The quantitative estimate of drug-likeness (QED) is 0.300. The molecule has 1 aliphatic rings. The number of hydrogen-bond donors (Lipinski definition) is 4. The van der Waals surface area contributed by atoms with Gasteiger partial charge in [-0.15, -0.1) is 0 Å². The Kier molecular flexibility index (Phi) is 6.50. The summed E-state index contributed by atoms with van der Waals surface area (Å²) in [6.45, 7) is 0. The van der Waals surface area contributed by atoms with Crippen LogP contribution in [-0.4, -0.2) is 21.8 Å². The lowest BCUT2D eigenvalue weighted by molar-refractivity contribution is -0.123. The minimum atomic E-state index is -1.03. The van der Waals surface area contributed by atoms with Crippen molar-refractivity contribution < 1.29 is 14.0 Å². The molecule has 0 saturated heterocycles. The minimum Gasteiger partial charge on any atom is -0.326 e. The van der Waals surface area contributed by atoms with E-state index >= 15 is 0 Å². The van der Waals surface area contributed by atoms with Crippen LogP contribution in [0.5, 0.6) is 0 Å². The van der Waals surface area contributed by atoms with Crippen LogP contribution in [0, 0.1) is 5.82 Å². The molecule has 10 heteroatoms. The van der Waals surface area contributed by atoms with Crippen LogP contribution in [0.3, 0.4) is 0 Å². The van der Waals surface area contributed by atoms with Gasteiger partial charge in [0.15, 0.2) is 0 Å². The Morgan fingerprint density at radius 3 is 2.47 bits per heavy atom. The molecule has 0 saturated carbocycles. The first-order chi connectivity index (χ1) is 17.5. The zero-order valence-corrected chi connectivity index (χ0v) is 19.6. The second kappa shape index (κ2) is 10.0. The van der Waals surface area contributed by atoms with Gasteiger partial charge in [0.1, 0.15) is 11.6 Å². The molecule has 0 radical (unpaired) electrons. The molecule has 0 spiro atoms. The Morgan fingerprint density at radius 1 is 0.972 bits per heavy atom. The number of rotatable bonds is 6. The van der Waals surface area contributed by atoms with Crippen molar-refractivity contribution in [3.8, 4) is 0 Å². The number of benzene rings is 3. The average Bonchev–Trinajstić information content (AvgIpc) is 2.86. The molecule has 0 unspecified atom stereocenters. The van der Waals surface area contributed by atoms with E-state index < -0.39 is 29.1 Å². The van der Waals surface area contributed by atoms with Gasteiger partial charge < -0.3 is 16.0 Å². The predicted molar refractivity (Wildman–Crippen MR) is 136 cm³/mol. The second-order valence-corrected chi connectivity index (χ2v) is 9.13. The normalized spacial score (nSPS) is 14.5. The molecule has 3 aromatic carbocycles. The molecule has 2 amide bonds. The van der Waals surface area contributed by atoms with E-state index in [4.69, 9.17) is 0 Å². The van der Waals surface area contributed by atoms with Crippen LogP contribution >= 0.6 is 11.8 Å². The van der Waals surface area contributed by atoms with Crippen molar-refractivity contribution in [1.82, 2.24) is 9.97 Å². The molecule has 36 heavy (non-hydrogen) atoms. The van der Waals surface area contributed by atoms with Crippen LogP contribution in [0.4, 0.5) is 27.5 Å². The van der Waals surface area contributed by atoms with Crippen molar-refractivity contribution in [3.63, 3.8) is 0 Å². The van der Waals surface area contributed by atoms with Gasteiger partial charge in [-0.25, -0.2) is 4.39 Å². The zero-order valence-electron chi connectivity index (χ0n) is 18.7. The number of carbonyl (C=O) groups excluding carboxylic acids is 2. The highest BCUT2D eigenvalue weighted by atomic mass is 32.2. The SMILES string of the molecule is O=C1C[C@@H](C(=O)Nc2ccccc2Sc2ccccc2)c2c(nc(Nc3ccc(F)cc3)[nH]c2=O)N1. The van der Waals surface area contributed by atoms with Crippen LogP contribution in [0.1, 0.15) is 17.9 Å². The lowest BCUT2D eigenvalue weighted by Gasteiger charge is -2.24. The summed E-state index contributed by atoms with van der Waals surface area (Å²) in [4.78, 5) is 47.4. The van der Waals surface area contributed by atoms with E-state index in [0.717, 1.165) is 9.79 Å². The molecule has 1 aromatic heterocycles. The molecular weight excluding hydrogens is 481 g/mol. The van der Waals surface area contributed by atoms with Crippen molar-refractivity contribution in [3.05, 3.63) is 101 Å². The molecule has 1 atom stereocenters. The highest BCUT2D eigenvalue weighted by Gasteiger charge is 2.35. The van der Waals surface area contributed by atoms with Gasteiger partial charge in [-0.1, -0.05) is 42.1 Å². The average molecular weight is 502 g/mol.